The third-order valence-electron chi connectivity index (χ3n) is 5.60. The fraction of sp³-hybridized carbons (Fsp3) is 0.381. The molecular weight excluding hydrogens is 367 g/mol. The number of quaternary nitrogens is 2. The quantitative estimate of drug-likeness (QED) is 0.644. The summed E-state index contributed by atoms with van der Waals surface area (Å²) in [4.78, 5) is 15.0. The van der Waals surface area contributed by atoms with Crippen molar-refractivity contribution < 1.29 is 27.8 Å². The Labute approximate surface area is 162 Å². The lowest BCUT2D eigenvalue weighted by atomic mass is 10.1. The van der Waals surface area contributed by atoms with Crippen LogP contribution in [0.1, 0.15) is 18.1 Å². The lowest BCUT2D eigenvalue weighted by molar-refractivity contribution is -1.02. The number of carbonyl (C=O) groups is 1. The Morgan fingerprint density at radius 1 is 1.04 bits per heavy atom. The smallest absolute Gasteiger partial charge is 0.282 e. The maximum Gasteiger partial charge on any atom is 0.282 e. The fourth-order valence-corrected chi connectivity index (χ4v) is 3.66. The molecule has 1 amide bonds. The van der Waals surface area contributed by atoms with Gasteiger partial charge in [-0.25, -0.2) is 13.2 Å². The molecule has 3 N–H and O–H groups in total. The highest BCUT2D eigenvalue weighted by atomic mass is 19.2. The van der Waals surface area contributed by atoms with Gasteiger partial charge in [0.05, 0.1) is 5.69 Å². The Morgan fingerprint density at radius 2 is 1.71 bits per heavy atom. The van der Waals surface area contributed by atoms with Crippen LogP contribution in [0.5, 0.6) is 0 Å². The van der Waals surface area contributed by atoms with Gasteiger partial charge in [0, 0.05) is 5.56 Å². The van der Waals surface area contributed by atoms with Crippen molar-refractivity contribution in [2.24, 2.45) is 0 Å². The molecule has 2 aromatic rings. The third kappa shape index (κ3) is 4.54. The van der Waals surface area contributed by atoms with Crippen molar-refractivity contribution in [2.75, 3.05) is 31.5 Å². The van der Waals surface area contributed by atoms with Crippen LogP contribution >= 0.6 is 0 Å². The van der Waals surface area contributed by atoms with Crippen LogP contribution in [-0.2, 0) is 11.3 Å². The number of hydrogen-bond acceptors (Lipinski definition) is 1. The SMILES string of the molecule is Cc1ccccc1C[NH+]1CC[NH+]([C@@H](C)C(=O)Nc2ccc(F)c(F)c2F)CC1. The predicted molar refractivity (Wildman–Crippen MR) is 101 cm³/mol. The van der Waals surface area contributed by atoms with Crippen LogP contribution in [0.3, 0.4) is 0 Å². The minimum absolute atomic E-state index is 0.334. The molecule has 0 unspecified atom stereocenters. The number of benzene rings is 2. The first-order chi connectivity index (χ1) is 13.4. The second-order valence-electron chi connectivity index (χ2n) is 7.45. The standard InChI is InChI=1S/C21H24F3N3O/c1-14-5-3-4-6-16(14)13-26-9-11-27(12-10-26)15(2)21(28)25-18-8-7-17(22)19(23)20(18)24/h3-8,15H,9-13H2,1-2H3,(H,25,28)/p+2/t15-/m0/s1. The van der Waals surface area contributed by atoms with E-state index in [1.807, 2.05) is 12.1 Å². The monoisotopic (exact) mass is 393 g/mol. The van der Waals surface area contributed by atoms with Gasteiger partial charge in [0.1, 0.15) is 32.7 Å². The molecule has 28 heavy (non-hydrogen) atoms. The second kappa shape index (κ2) is 8.75. The van der Waals surface area contributed by atoms with Crippen LogP contribution in [0, 0.1) is 24.4 Å². The molecule has 0 saturated carbocycles. The number of halogens is 3. The Balaban J connectivity index is 1.55. The summed E-state index contributed by atoms with van der Waals surface area (Å²) in [7, 11) is 0. The van der Waals surface area contributed by atoms with Gasteiger partial charge in [0.2, 0.25) is 0 Å². The molecule has 0 spiro atoms. The van der Waals surface area contributed by atoms with Gasteiger partial charge in [-0.15, -0.1) is 0 Å². The summed E-state index contributed by atoms with van der Waals surface area (Å²) >= 11 is 0. The largest absolute Gasteiger partial charge is 0.322 e. The highest BCUT2D eigenvalue weighted by molar-refractivity contribution is 5.93. The minimum atomic E-state index is -1.58. The number of rotatable bonds is 5. The molecule has 4 nitrogen and oxygen atoms in total. The molecular formula is C21H26F3N3O+2. The normalized spacial score (nSPS) is 20.6. The zero-order valence-electron chi connectivity index (χ0n) is 16.1. The molecule has 1 saturated heterocycles. The minimum Gasteiger partial charge on any atom is -0.322 e. The van der Waals surface area contributed by atoms with Gasteiger partial charge in [0.15, 0.2) is 23.5 Å². The molecule has 7 heteroatoms. The van der Waals surface area contributed by atoms with E-state index >= 15 is 0 Å². The molecule has 1 aliphatic heterocycles. The van der Waals surface area contributed by atoms with Crippen molar-refractivity contribution in [3.63, 3.8) is 0 Å². The summed E-state index contributed by atoms with van der Waals surface area (Å²) in [5.41, 5.74) is 2.28. The van der Waals surface area contributed by atoms with E-state index in [2.05, 4.69) is 24.4 Å². The molecule has 150 valence electrons. The number of nitrogens with one attached hydrogen (secondary N) is 3. The first kappa shape index (κ1) is 20.4. The van der Waals surface area contributed by atoms with Crippen LogP contribution in [0.25, 0.3) is 0 Å². The van der Waals surface area contributed by atoms with Crippen LogP contribution in [0.15, 0.2) is 36.4 Å². The van der Waals surface area contributed by atoms with Gasteiger partial charge in [0.25, 0.3) is 5.91 Å². The number of anilines is 1. The van der Waals surface area contributed by atoms with Crippen molar-refractivity contribution in [1.82, 2.24) is 0 Å². The molecule has 0 aromatic heterocycles. The van der Waals surface area contributed by atoms with Gasteiger partial charge < -0.3 is 15.1 Å². The first-order valence-electron chi connectivity index (χ1n) is 9.54. The van der Waals surface area contributed by atoms with E-state index in [1.165, 1.54) is 16.0 Å². The first-order valence-corrected chi connectivity index (χ1v) is 9.54. The predicted octanol–water partition coefficient (Wildman–Crippen LogP) is 0.723. The maximum absolute atomic E-state index is 13.8. The average Bonchev–Trinajstić information content (AvgIpc) is 2.70. The zero-order valence-corrected chi connectivity index (χ0v) is 16.1. The van der Waals surface area contributed by atoms with Gasteiger partial charge in [-0.3, -0.25) is 4.79 Å². The topological polar surface area (TPSA) is 38.0 Å². The van der Waals surface area contributed by atoms with Crippen molar-refractivity contribution in [2.45, 2.75) is 26.4 Å². The number of hydrogen-bond donors (Lipinski definition) is 3. The fourth-order valence-electron chi connectivity index (χ4n) is 3.66. The molecule has 1 aliphatic rings. The van der Waals surface area contributed by atoms with Crippen molar-refractivity contribution in [1.29, 1.82) is 0 Å². The van der Waals surface area contributed by atoms with Crippen molar-refractivity contribution in [3.8, 4) is 0 Å². The van der Waals surface area contributed by atoms with Crippen LogP contribution in [0.4, 0.5) is 18.9 Å². The van der Waals surface area contributed by atoms with E-state index in [-0.39, 0.29) is 5.69 Å². The summed E-state index contributed by atoms with van der Waals surface area (Å²) in [6.07, 6.45) is 0. The van der Waals surface area contributed by atoms with E-state index in [9.17, 15) is 18.0 Å². The number of piperazine rings is 1. The summed E-state index contributed by atoms with van der Waals surface area (Å²) in [5.74, 6) is -4.63. The van der Waals surface area contributed by atoms with E-state index in [1.54, 1.807) is 6.92 Å². The molecule has 1 atom stereocenters. The average molecular weight is 393 g/mol. The molecule has 0 bridgehead atoms. The molecule has 1 fully saturated rings. The van der Waals surface area contributed by atoms with Gasteiger partial charge in [-0.2, -0.15) is 0 Å². The Morgan fingerprint density at radius 3 is 2.39 bits per heavy atom. The van der Waals surface area contributed by atoms with E-state index < -0.39 is 29.4 Å². The number of carbonyl (C=O) groups excluding carboxylic acids is 1. The number of aryl methyl sites for hydroxylation is 1. The third-order valence-corrected chi connectivity index (χ3v) is 5.60. The van der Waals surface area contributed by atoms with E-state index in [0.717, 1.165) is 49.8 Å². The van der Waals surface area contributed by atoms with Crippen LogP contribution < -0.4 is 15.1 Å². The van der Waals surface area contributed by atoms with E-state index in [4.69, 9.17) is 0 Å². The highest BCUT2D eigenvalue weighted by Gasteiger charge is 2.31. The van der Waals surface area contributed by atoms with Gasteiger partial charge in [-0.1, -0.05) is 24.3 Å². The zero-order chi connectivity index (χ0) is 20.3. The van der Waals surface area contributed by atoms with Gasteiger partial charge in [-0.05, 0) is 31.5 Å². The van der Waals surface area contributed by atoms with Crippen LogP contribution in [-0.4, -0.2) is 38.1 Å². The Bertz CT molecular complexity index is 851. The Kier molecular flexibility index (Phi) is 6.36. The summed E-state index contributed by atoms with van der Waals surface area (Å²) < 4.78 is 40.1. The highest BCUT2D eigenvalue weighted by Crippen LogP contribution is 2.19. The lowest BCUT2D eigenvalue weighted by Crippen LogP contribution is -3.29. The molecule has 0 radical (unpaired) electrons. The maximum atomic E-state index is 13.8. The lowest BCUT2D eigenvalue weighted by Gasteiger charge is -2.32. The molecule has 1 heterocycles. The molecule has 0 aliphatic carbocycles. The molecule has 2 aromatic carbocycles. The summed E-state index contributed by atoms with van der Waals surface area (Å²) in [5, 5.41) is 2.39. The van der Waals surface area contributed by atoms with Crippen molar-refractivity contribution >= 4 is 11.6 Å². The van der Waals surface area contributed by atoms with E-state index in [0.29, 0.717) is 0 Å². The Hall–Kier alpha value is -2.38. The number of amides is 1. The summed E-state index contributed by atoms with van der Waals surface area (Å²) in [6, 6.07) is 9.78. The van der Waals surface area contributed by atoms with Crippen molar-refractivity contribution in [3.05, 3.63) is 65.0 Å². The van der Waals surface area contributed by atoms with Gasteiger partial charge >= 0.3 is 0 Å². The molecule has 3 rings (SSSR count). The summed E-state index contributed by atoms with van der Waals surface area (Å²) in [6.45, 7) is 8.34. The second-order valence-corrected chi connectivity index (χ2v) is 7.45. The van der Waals surface area contributed by atoms with Crippen LogP contribution in [0.2, 0.25) is 0 Å².